The van der Waals surface area contributed by atoms with Crippen LogP contribution >= 0.6 is 24.0 Å². The fraction of sp³-hybridized carbons (Fsp3) is 0.381. The SMILES string of the molecule is CCNC(=NCCCS(=O)(=O)c1ccccc1)N(C)Cc1ccccc1C.I. The van der Waals surface area contributed by atoms with Gasteiger partial charge in [0.05, 0.1) is 10.6 Å². The van der Waals surface area contributed by atoms with Crippen molar-refractivity contribution in [1.29, 1.82) is 0 Å². The van der Waals surface area contributed by atoms with E-state index in [1.807, 2.05) is 32.2 Å². The Bertz CT molecular complexity index is 855. The van der Waals surface area contributed by atoms with E-state index in [1.165, 1.54) is 11.1 Å². The summed E-state index contributed by atoms with van der Waals surface area (Å²) in [6, 6.07) is 16.9. The number of nitrogens with zero attached hydrogens (tertiary/aromatic N) is 2. The van der Waals surface area contributed by atoms with Gasteiger partial charge in [0.2, 0.25) is 0 Å². The number of aryl methyl sites for hydroxylation is 1. The van der Waals surface area contributed by atoms with Crippen molar-refractivity contribution in [2.45, 2.75) is 31.7 Å². The first-order valence-electron chi connectivity index (χ1n) is 9.26. The van der Waals surface area contributed by atoms with E-state index in [4.69, 9.17) is 0 Å². The van der Waals surface area contributed by atoms with E-state index in [0.29, 0.717) is 17.9 Å². The van der Waals surface area contributed by atoms with Crippen molar-refractivity contribution in [3.05, 3.63) is 65.7 Å². The second-order valence-electron chi connectivity index (χ2n) is 6.50. The molecule has 2 aromatic rings. The van der Waals surface area contributed by atoms with Crippen LogP contribution in [-0.4, -0.2) is 45.2 Å². The fourth-order valence-electron chi connectivity index (χ4n) is 2.77. The van der Waals surface area contributed by atoms with Gasteiger partial charge in [0.1, 0.15) is 0 Å². The summed E-state index contributed by atoms with van der Waals surface area (Å²) in [4.78, 5) is 7.04. The van der Waals surface area contributed by atoms with E-state index in [-0.39, 0.29) is 29.7 Å². The molecule has 0 aliphatic carbocycles. The van der Waals surface area contributed by atoms with E-state index in [2.05, 4.69) is 34.3 Å². The first-order chi connectivity index (χ1) is 12.9. The zero-order valence-corrected chi connectivity index (χ0v) is 19.9. The fourth-order valence-corrected chi connectivity index (χ4v) is 4.09. The number of hydrogen-bond donors (Lipinski definition) is 1. The van der Waals surface area contributed by atoms with Crippen molar-refractivity contribution in [2.75, 3.05) is 25.9 Å². The summed E-state index contributed by atoms with van der Waals surface area (Å²) in [5, 5.41) is 3.28. The van der Waals surface area contributed by atoms with Gasteiger partial charge in [-0.2, -0.15) is 0 Å². The molecule has 7 heteroatoms. The lowest BCUT2D eigenvalue weighted by molar-refractivity contribution is 0.475. The number of benzene rings is 2. The van der Waals surface area contributed by atoms with E-state index in [1.54, 1.807) is 24.3 Å². The van der Waals surface area contributed by atoms with Crippen LogP contribution in [0.2, 0.25) is 0 Å². The molecule has 0 saturated heterocycles. The van der Waals surface area contributed by atoms with Crippen LogP contribution in [0.15, 0.2) is 64.5 Å². The van der Waals surface area contributed by atoms with E-state index in [0.717, 1.165) is 19.0 Å². The largest absolute Gasteiger partial charge is 0.357 e. The molecule has 0 unspecified atom stereocenters. The molecule has 0 aromatic heterocycles. The molecule has 0 spiro atoms. The number of guanidine groups is 1. The highest BCUT2D eigenvalue weighted by molar-refractivity contribution is 14.0. The van der Waals surface area contributed by atoms with Crippen molar-refractivity contribution >= 4 is 39.8 Å². The molecule has 0 aliphatic heterocycles. The van der Waals surface area contributed by atoms with Crippen LogP contribution in [0.3, 0.4) is 0 Å². The van der Waals surface area contributed by atoms with Gasteiger partial charge in [-0.05, 0) is 43.5 Å². The molecule has 5 nitrogen and oxygen atoms in total. The molecule has 0 fully saturated rings. The number of rotatable bonds is 8. The quantitative estimate of drug-likeness (QED) is 0.251. The van der Waals surface area contributed by atoms with E-state index in [9.17, 15) is 8.42 Å². The third kappa shape index (κ3) is 7.43. The minimum Gasteiger partial charge on any atom is -0.357 e. The Morgan fingerprint density at radius 3 is 2.36 bits per heavy atom. The minimum atomic E-state index is -3.25. The summed E-state index contributed by atoms with van der Waals surface area (Å²) < 4.78 is 24.7. The zero-order chi connectivity index (χ0) is 19.7. The van der Waals surface area contributed by atoms with Crippen LogP contribution in [-0.2, 0) is 16.4 Å². The molecule has 0 aliphatic rings. The van der Waals surface area contributed by atoms with Crippen molar-refractivity contribution in [3.63, 3.8) is 0 Å². The number of sulfone groups is 1. The van der Waals surface area contributed by atoms with Crippen molar-refractivity contribution in [1.82, 2.24) is 10.2 Å². The Morgan fingerprint density at radius 2 is 1.71 bits per heavy atom. The van der Waals surface area contributed by atoms with Gasteiger partial charge in [0.25, 0.3) is 0 Å². The third-order valence-electron chi connectivity index (χ3n) is 4.30. The van der Waals surface area contributed by atoms with Crippen LogP contribution in [0.1, 0.15) is 24.5 Å². The lowest BCUT2D eigenvalue weighted by Gasteiger charge is -2.23. The molecule has 2 aromatic carbocycles. The molecular formula is C21H30IN3O2S. The Morgan fingerprint density at radius 1 is 1.07 bits per heavy atom. The average molecular weight is 515 g/mol. The molecule has 0 bridgehead atoms. The molecule has 1 N–H and O–H groups in total. The van der Waals surface area contributed by atoms with Crippen molar-refractivity contribution in [2.24, 2.45) is 4.99 Å². The van der Waals surface area contributed by atoms with Crippen LogP contribution in [0.4, 0.5) is 0 Å². The zero-order valence-electron chi connectivity index (χ0n) is 16.8. The highest BCUT2D eigenvalue weighted by atomic mass is 127. The van der Waals surface area contributed by atoms with Crippen LogP contribution < -0.4 is 5.32 Å². The number of nitrogens with one attached hydrogen (secondary N) is 1. The van der Waals surface area contributed by atoms with Gasteiger partial charge in [-0.3, -0.25) is 4.99 Å². The summed E-state index contributed by atoms with van der Waals surface area (Å²) in [6.07, 6.45) is 0.490. The average Bonchev–Trinajstić information content (AvgIpc) is 2.66. The Labute approximate surface area is 186 Å². The molecule has 0 radical (unpaired) electrons. The highest BCUT2D eigenvalue weighted by Gasteiger charge is 2.13. The van der Waals surface area contributed by atoms with Gasteiger partial charge in [0, 0.05) is 26.7 Å². The normalized spacial score (nSPS) is 11.6. The van der Waals surface area contributed by atoms with Crippen LogP contribution in [0, 0.1) is 6.92 Å². The third-order valence-corrected chi connectivity index (χ3v) is 6.12. The van der Waals surface area contributed by atoms with Crippen LogP contribution in [0.5, 0.6) is 0 Å². The van der Waals surface area contributed by atoms with Gasteiger partial charge in [-0.25, -0.2) is 8.42 Å². The molecule has 0 atom stereocenters. The van der Waals surface area contributed by atoms with Crippen molar-refractivity contribution in [3.8, 4) is 0 Å². The maximum Gasteiger partial charge on any atom is 0.193 e. The summed E-state index contributed by atoms with van der Waals surface area (Å²) in [7, 11) is -1.25. The Hall–Kier alpha value is -1.61. The molecule has 28 heavy (non-hydrogen) atoms. The summed E-state index contributed by atoms with van der Waals surface area (Å²) in [6.45, 7) is 6.10. The number of halogens is 1. The molecule has 154 valence electrons. The van der Waals surface area contributed by atoms with Gasteiger partial charge in [-0.15, -0.1) is 24.0 Å². The van der Waals surface area contributed by atoms with Crippen LogP contribution in [0.25, 0.3) is 0 Å². The predicted molar refractivity (Wildman–Crippen MR) is 127 cm³/mol. The second-order valence-corrected chi connectivity index (χ2v) is 8.61. The maximum atomic E-state index is 12.3. The van der Waals surface area contributed by atoms with Gasteiger partial charge < -0.3 is 10.2 Å². The molecule has 0 heterocycles. The maximum absolute atomic E-state index is 12.3. The summed E-state index contributed by atoms with van der Waals surface area (Å²) >= 11 is 0. The predicted octanol–water partition coefficient (Wildman–Crippen LogP) is 3.87. The molecule has 0 amide bonds. The van der Waals surface area contributed by atoms with E-state index < -0.39 is 9.84 Å². The van der Waals surface area contributed by atoms with Crippen molar-refractivity contribution < 1.29 is 8.42 Å². The van der Waals surface area contributed by atoms with Gasteiger partial charge in [0.15, 0.2) is 15.8 Å². The number of hydrogen-bond acceptors (Lipinski definition) is 3. The highest BCUT2D eigenvalue weighted by Crippen LogP contribution is 2.12. The molecule has 0 saturated carbocycles. The first kappa shape index (κ1) is 24.4. The second kappa shape index (κ2) is 12.1. The Balaban J connectivity index is 0.00000392. The van der Waals surface area contributed by atoms with E-state index >= 15 is 0 Å². The summed E-state index contributed by atoms with van der Waals surface area (Å²) in [5.74, 6) is 0.888. The topological polar surface area (TPSA) is 61.8 Å². The lowest BCUT2D eigenvalue weighted by atomic mass is 10.1. The number of aliphatic imine (C=N–C) groups is 1. The Kier molecular flexibility index (Phi) is 10.5. The minimum absolute atomic E-state index is 0. The lowest BCUT2D eigenvalue weighted by Crippen LogP contribution is -2.38. The summed E-state index contributed by atoms with van der Waals surface area (Å²) in [5.41, 5.74) is 2.49. The molecule has 2 rings (SSSR count). The standard InChI is InChI=1S/C21H29N3O2S.HI/c1-4-22-21(24(3)17-19-12-9-8-11-18(19)2)23-15-10-16-27(25,26)20-13-6-5-7-14-20;/h5-9,11-14H,4,10,15-17H2,1-3H3,(H,22,23);1H. The molecular weight excluding hydrogens is 485 g/mol. The van der Waals surface area contributed by atoms with Gasteiger partial charge >= 0.3 is 0 Å². The monoisotopic (exact) mass is 515 g/mol. The van der Waals surface area contributed by atoms with Gasteiger partial charge in [-0.1, -0.05) is 42.5 Å². The first-order valence-corrected chi connectivity index (χ1v) is 10.9. The smallest absolute Gasteiger partial charge is 0.193 e.